The Bertz CT molecular complexity index is 508. The van der Waals surface area contributed by atoms with Gasteiger partial charge in [-0.25, -0.2) is 4.98 Å². The fourth-order valence-corrected chi connectivity index (χ4v) is 2.68. The van der Waals surface area contributed by atoms with Gasteiger partial charge in [-0.15, -0.1) is 11.3 Å². The summed E-state index contributed by atoms with van der Waals surface area (Å²) in [5, 5.41) is 5.51. The molecule has 0 atom stereocenters. The van der Waals surface area contributed by atoms with Gasteiger partial charge in [-0.3, -0.25) is 0 Å². The van der Waals surface area contributed by atoms with Gasteiger partial charge in [0.1, 0.15) is 0 Å². The van der Waals surface area contributed by atoms with Gasteiger partial charge in [0.15, 0.2) is 0 Å². The third-order valence-electron chi connectivity index (χ3n) is 3.09. The van der Waals surface area contributed by atoms with Gasteiger partial charge in [-0.2, -0.15) is 0 Å². The molecule has 1 N–H and O–H groups in total. The van der Waals surface area contributed by atoms with E-state index in [1.165, 1.54) is 16.8 Å². The lowest BCUT2D eigenvalue weighted by Gasteiger charge is -2.22. The Hall–Kier alpha value is -1.39. The molecule has 1 heterocycles. The normalized spacial score (nSPS) is 10.7. The number of benzene rings is 1. The molecule has 0 radical (unpaired) electrons. The molecule has 0 fully saturated rings. The first-order chi connectivity index (χ1) is 9.20. The van der Waals surface area contributed by atoms with Crippen molar-refractivity contribution in [3.63, 3.8) is 0 Å². The maximum absolute atomic E-state index is 4.35. The quantitative estimate of drug-likeness (QED) is 0.877. The van der Waals surface area contributed by atoms with E-state index in [4.69, 9.17) is 0 Å². The number of aryl methyl sites for hydroxylation is 1. The number of anilines is 1. The van der Waals surface area contributed by atoms with E-state index in [9.17, 15) is 0 Å². The van der Waals surface area contributed by atoms with Crippen LogP contribution in [0.15, 0.2) is 29.1 Å². The van der Waals surface area contributed by atoms with Crippen molar-refractivity contribution in [2.45, 2.75) is 26.9 Å². The summed E-state index contributed by atoms with van der Waals surface area (Å²) in [4.78, 5) is 6.62. The van der Waals surface area contributed by atoms with E-state index in [0.29, 0.717) is 0 Å². The van der Waals surface area contributed by atoms with Crippen LogP contribution in [0.4, 0.5) is 5.69 Å². The first kappa shape index (κ1) is 14.0. The minimum absolute atomic E-state index is 0.853. The number of nitrogens with zero attached hydrogens (tertiary/aromatic N) is 2. The van der Waals surface area contributed by atoms with E-state index >= 15 is 0 Å². The second-order valence-electron chi connectivity index (χ2n) is 4.75. The average molecular weight is 275 g/mol. The monoisotopic (exact) mass is 275 g/mol. The summed E-state index contributed by atoms with van der Waals surface area (Å²) in [6.07, 6.45) is 0. The Balaban J connectivity index is 2.17. The Morgan fingerprint density at radius 1 is 1.37 bits per heavy atom. The molecular formula is C15H21N3S. The first-order valence-corrected chi connectivity index (χ1v) is 7.53. The fraction of sp³-hybridized carbons (Fsp3) is 0.400. The molecule has 2 rings (SSSR count). The summed E-state index contributed by atoms with van der Waals surface area (Å²) in [7, 11) is 2.12. The summed E-state index contributed by atoms with van der Waals surface area (Å²) in [6, 6.07) is 6.63. The highest BCUT2D eigenvalue weighted by Crippen LogP contribution is 2.22. The maximum Gasteiger partial charge on any atom is 0.0795 e. The van der Waals surface area contributed by atoms with Crippen LogP contribution in [0.3, 0.4) is 0 Å². The van der Waals surface area contributed by atoms with E-state index in [1.807, 2.05) is 5.51 Å². The fourth-order valence-electron chi connectivity index (χ4n) is 2.13. The molecule has 0 aliphatic heterocycles. The molecule has 1 aromatic heterocycles. The van der Waals surface area contributed by atoms with Gasteiger partial charge in [0.25, 0.3) is 0 Å². The van der Waals surface area contributed by atoms with Gasteiger partial charge < -0.3 is 10.2 Å². The minimum atomic E-state index is 0.853. The van der Waals surface area contributed by atoms with Crippen LogP contribution in [0.2, 0.25) is 0 Å². The lowest BCUT2D eigenvalue weighted by molar-refractivity contribution is 0.722. The molecule has 1 aromatic carbocycles. The third-order valence-corrected chi connectivity index (χ3v) is 3.73. The van der Waals surface area contributed by atoms with Crippen molar-refractivity contribution in [1.82, 2.24) is 10.3 Å². The molecule has 0 aliphatic carbocycles. The van der Waals surface area contributed by atoms with Crippen LogP contribution >= 0.6 is 11.3 Å². The molecule has 102 valence electrons. The molecule has 0 spiro atoms. The Morgan fingerprint density at radius 3 is 2.89 bits per heavy atom. The van der Waals surface area contributed by atoms with E-state index < -0.39 is 0 Å². The van der Waals surface area contributed by atoms with Crippen LogP contribution in [-0.4, -0.2) is 18.6 Å². The van der Waals surface area contributed by atoms with E-state index in [-0.39, 0.29) is 0 Å². The van der Waals surface area contributed by atoms with Crippen molar-refractivity contribution >= 4 is 17.0 Å². The standard InChI is InChI=1S/C15H21N3S/c1-4-16-8-13-7-12(2)5-6-15(13)18(3)9-14-10-19-11-17-14/h5-7,10-11,16H,4,8-9H2,1-3H3. The molecule has 0 aliphatic rings. The summed E-state index contributed by atoms with van der Waals surface area (Å²) < 4.78 is 0. The van der Waals surface area contributed by atoms with Crippen molar-refractivity contribution in [2.24, 2.45) is 0 Å². The van der Waals surface area contributed by atoms with E-state index in [0.717, 1.165) is 25.3 Å². The Labute approximate surface area is 119 Å². The van der Waals surface area contributed by atoms with Crippen LogP contribution in [0.25, 0.3) is 0 Å². The van der Waals surface area contributed by atoms with Crippen LogP contribution in [0, 0.1) is 6.92 Å². The predicted molar refractivity (Wildman–Crippen MR) is 82.8 cm³/mol. The zero-order valence-electron chi connectivity index (χ0n) is 11.8. The van der Waals surface area contributed by atoms with Gasteiger partial charge >= 0.3 is 0 Å². The maximum atomic E-state index is 4.35. The number of nitrogens with one attached hydrogen (secondary N) is 1. The summed E-state index contributed by atoms with van der Waals surface area (Å²) in [5.41, 5.74) is 6.94. The molecule has 19 heavy (non-hydrogen) atoms. The molecular weight excluding hydrogens is 254 g/mol. The molecule has 0 bridgehead atoms. The first-order valence-electron chi connectivity index (χ1n) is 6.59. The number of rotatable bonds is 6. The van der Waals surface area contributed by atoms with Crippen LogP contribution in [0.1, 0.15) is 23.7 Å². The van der Waals surface area contributed by atoms with Crippen LogP contribution in [0.5, 0.6) is 0 Å². The molecule has 0 saturated carbocycles. The molecule has 2 aromatic rings. The predicted octanol–water partition coefficient (Wildman–Crippen LogP) is 3.20. The summed E-state index contributed by atoms with van der Waals surface area (Å²) in [6.45, 7) is 7.03. The van der Waals surface area contributed by atoms with Crippen LogP contribution in [-0.2, 0) is 13.1 Å². The number of aromatic nitrogens is 1. The highest BCUT2D eigenvalue weighted by molar-refractivity contribution is 7.07. The lowest BCUT2D eigenvalue weighted by Crippen LogP contribution is -2.21. The van der Waals surface area contributed by atoms with Crippen molar-refractivity contribution in [1.29, 1.82) is 0 Å². The SMILES string of the molecule is CCNCc1cc(C)ccc1N(C)Cc1cscn1. The Kier molecular flexibility index (Phi) is 4.93. The van der Waals surface area contributed by atoms with E-state index in [2.05, 4.69) is 59.7 Å². The van der Waals surface area contributed by atoms with Gasteiger partial charge in [0.05, 0.1) is 17.7 Å². The molecule has 3 nitrogen and oxygen atoms in total. The number of hydrogen-bond donors (Lipinski definition) is 1. The zero-order chi connectivity index (χ0) is 13.7. The van der Waals surface area contributed by atoms with Gasteiger partial charge in [0, 0.05) is 24.7 Å². The van der Waals surface area contributed by atoms with Crippen molar-refractivity contribution in [3.8, 4) is 0 Å². The van der Waals surface area contributed by atoms with Crippen LogP contribution < -0.4 is 10.2 Å². The smallest absolute Gasteiger partial charge is 0.0795 e. The van der Waals surface area contributed by atoms with Crippen molar-refractivity contribution < 1.29 is 0 Å². The van der Waals surface area contributed by atoms with Crippen molar-refractivity contribution in [2.75, 3.05) is 18.5 Å². The third kappa shape index (κ3) is 3.78. The summed E-state index contributed by atoms with van der Waals surface area (Å²) in [5.74, 6) is 0. The molecule has 0 unspecified atom stereocenters. The van der Waals surface area contributed by atoms with Gasteiger partial charge in [-0.05, 0) is 25.1 Å². The highest BCUT2D eigenvalue weighted by Gasteiger charge is 2.09. The Morgan fingerprint density at radius 2 is 2.21 bits per heavy atom. The number of hydrogen-bond acceptors (Lipinski definition) is 4. The second-order valence-corrected chi connectivity index (χ2v) is 5.47. The topological polar surface area (TPSA) is 28.2 Å². The van der Waals surface area contributed by atoms with Crippen molar-refractivity contribution in [3.05, 3.63) is 45.9 Å². The molecule has 0 amide bonds. The summed E-state index contributed by atoms with van der Waals surface area (Å²) >= 11 is 1.65. The average Bonchev–Trinajstić information content (AvgIpc) is 2.89. The molecule has 4 heteroatoms. The minimum Gasteiger partial charge on any atom is -0.368 e. The highest BCUT2D eigenvalue weighted by atomic mass is 32.1. The second kappa shape index (κ2) is 6.68. The van der Waals surface area contributed by atoms with Gasteiger partial charge in [-0.1, -0.05) is 24.6 Å². The van der Waals surface area contributed by atoms with Gasteiger partial charge in [0.2, 0.25) is 0 Å². The number of thiazole rings is 1. The van der Waals surface area contributed by atoms with E-state index in [1.54, 1.807) is 11.3 Å². The molecule has 0 saturated heterocycles. The lowest BCUT2D eigenvalue weighted by atomic mass is 10.1. The largest absolute Gasteiger partial charge is 0.368 e. The zero-order valence-corrected chi connectivity index (χ0v) is 12.6.